The molecule has 0 aliphatic rings. The van der Waals surface area contributed by atoms with Crippen molar-refractivity contribution < 1.29 is 9.53 Å². The van der Waals surface area contributed by atoms with Crippen molar-refractivity contribution in [2.24, 2.45) is 5.92 Å². The van der Waals surface area contributed by atoms with Crippen molar-refractivity contribution in [2.45, 2.75) is 40.5 Å². The molecule has 0 saturated carbocycles. The van der Waals surface area contributed by atoms with E-state index in [0.29, 0.717) is 12.5 Å². The summed E-state index contributed by atoms with van der Waals surface area (Å²) in [6, 6.07) is 8.42. The first kappa shape index (κ1) is 15.5. The number of carbonyl (C=O) groups excluding carboxylic acids is 1. The molecule has 2 heteroatoms. The fourth-order valence-corrected chi connectivity index (χ4v) is 1.93. The maximum atomic E-state index is 10.9. The average molecular weight is 260 g/mol. The normalized spacial score (nSPS) is 11.7. The molecule has 1 aromatic rings. The zero-order valence-electron chi connectivity index (χ0n) is 12.4. The highest BCUT2D eigenvalue weighted by molar-refractivity contribution is 5.66. The quantitative estimate of drug-likeness (QED) is 0.715. The Balaban J connectivity index is 2.97. The van der Waals surface area contributed by atoms with Crippen LogP contribution in [0, 0.1) is 5.92 Å². The van der Waals surface area contributed by atoms with Crippen LogP contribution in [0.4, 0.5) is 0 Å². The highest BCUT2D eigenvalue weighted by Gasteiger charge is 2.07. The SMILES string of the molecule is CCCc1ccccc1C=C(COC(C)=O)C(C)C. The van der Waals surface area contributed by atoms with E-state index in [0.717, 1.165) is 18.4 Å². The topological polar surface area (TPSA) is 26.3 Å². The summed E-state index contributed by atoms with van der Waals surface area (Å²) in [5, 5.41) is 0. The first-order valence-electron chi connectivity index (χ1n) is 6.96. The summed E-state index contributed by atoms with van der Waals surface area (Å²) in [5.41, 5.74) is 3.74. The van der Waals surface area contributed by atoms with E-state index in [1.54, 1.807) is 0 Å². The number of ether oxygens (including phenoxy) is 1. The summed E-state index contributed by atoms with van der Waals surface area (Å²) in [5.74, 6) is 0.141. The van der Waals surface area contributed by atoms with Crippen molar-refractivity contribution in [3.05, 3.63) is 41.0 Å². The lowest BCUT2D eigenvalue weighted by Crippen LogP contribution is -2.07. The second-order valence-electron chi connectivity index (χ2n) is 5.10. The minimum absolute atomic E-state index is 0.228. The second-order valence-corrected chi connectivity index (χ2v) is 5.10. The number of rotatable bonds is 6. The summed E-state index contributed by atoms with van der Waals surface area (Å²) < 4.78 is 5.13. The predicted octanol–water partition coefficient (Wildman–Crippen LogP) is 4.24. The van der Waals surface area contributed by atoms with Gasteiger partial charge in [0.15, 0.2) is 0 Å². The molecule has 0 N–H and O–H groups in total. The molecule has 19 heavy (non-hydrogen) atoms. The molecule has 0 spiro atoms. The summed E-state index contributed by atoms with van der Waals surface area (Å²) >= 11 is 0. The molecular formula is C17H24O2. The van der Waals surface area contributed by atoms with Crippen molar-refractivity contribution in [2.75, 3.05) is 6.61 Å². The molecule has 2 nitrogen and oxygen atoms in total. The van der Waals surface area contributed by atoms with Gasteiger partial charge in [0.1, 0.15) is 6.61 Å². The van der Waals surface area contributed by atoms with E-state index < -0.39 is 0 Å². The molecule has 0 saturated heterocycles. The van der Waals surface area contributed by atoms with Gasteiger partial charge in [-0.1, -0.05) is 57.5 Å². The van der Waals surface area contributed by atoms with E-state index in [4.69, 9.17) is 4.74 Å². The first-order valence-corrected chi connectivity index (χ1v) is 6.96. The molecule has 0 aliphatic heterocycles. The lowest BCUT2D eigenvalue weighted by molar-refractivity contribution is -0.140. The van der Waals surface area contributed by atoms with Gasteiger partial charge in [0, 0.05) is 6.92 Å². The van der Waals surface area contributed by atoms with Gasteiger partial charge in [-0.05, 0) is 29.0 Å². The third kappa shape index (κ3) is 5.29. The maximum Gasteiger partial charge on any atom is 0.302 e. The van der Waals surface area contributed by atoms with Gasteiger partial charge in [-0.15, -0.1) is 0 Å². The minimum Gasteiger partial charge on any atom is -0.461 e. The van der Waals surface area contributed by atoms with E-state index in [2.05, 4.69) is 51.1 Å². The van der Waals surface area contributed by atoms with Gasteiger partial charge >= 0.3 is 5.97 Å². The number of hydrogen-bond donors (Lipinski definition) is 0. The molecule has 0 aliphatic carbocycles. The Kier molecular flexibility index (Phi) is 6.34. The van der Waals surface area contributed by atoms with Gasteiger partial charge in [0.2, 0.25) is 0 Å². The van der Waals surface area contributed by atoms with Gasteiger partial charge in [0.25, 0.3) is 0 Å². The van der Waals surface area contributed by atoms with Crippen LogP contribution >= 0.6 is 0 Å². The van der Waals surface area contributed by atoms with Crippen LogP contribution in [0.2, 0.25) is 0 Å². The van der Waals surface area contributed by atoms with E-state index in [-0.39, 0.29) is 5.97 Å². The van der Waals surface area contributed by atoms with E-state index in [9.17, 15) is 4.79 Å². The summed E-state index contributed by atoms with van der Waals surface area (Å²) in [6.45, 7) is 8.26. The van der Waals surface area contributed by atoms with E-state index >= 15 is 0 Å². The Morgan fingerprint density at radius 3 is 2.58 bits per heavy atom. The van der Waals surface area contributed by atoms with Crippen LogP contribution in [0.15, 0.2) is 29.8 Å². The van der Waals surface area contributed by atoms with Crippen LogP contribution in [-0.4, -0.2) is 12.6 Å². The number of carbonyl (C=O) groups is 1. The van der Waals surface area contributed by atoms with Crippen LogP contribution in [-0.2, 0) is 16.0 Å². The molecule has 0 radical (unpaired) electrons. The van der Waals surface area contributed by atoms with Crippen molar-refractivity contribution in [1.29, 1.82) is 0 Å². The molecule has 1 rings (SSSR count). The lowest BCUT2D eigenvalue weighted by atomic mass is 9.97. The number of aryl methyl sites for hydroxylation is 1. The highest BCUT2D eigenvalue weighted by atomic mass is 16.5. The molecule has 0 heterocycles. The summed E-state index contributed by atoms with van der Waals surface area (Å²) in [6.07, 6.45) is 4.37. The smallest absolute Gasteiger partial charge is 0.302 e. The molecule has 0 bridgehead atoms. The lowest BCUT2D eigenvalue weighted by Gasteiger charge is -2.13. The monoisotopic (exact) mass is 260 g/mol. The maximum absolute atomic E-state index is 10.9. The molecule has 0 amide bonds. The van der Waals surface area contributed by atoms with Crippen LogP contribution in [0.3, 0.4) is 0 Å². The molecular weight excluding hydrogens is 236 g/mol. The standard InChI is InChI=1S/C17H24O2/c1-5-8-15-9-6-7-10-16(15)11-17(13(2)3)12-19-14(4)18/h6-7,9-11,13H,5,8,12H2,1-4H3. The molecule has 0 atom stereocenters. The molecule has 0 aromatic heterocycles. The van der Waals surface area contributed by atoms with Crippen molar-refractivity contribution in [3.8, 4) is 0 Å². The predicted molar refractivity (Wildman–Crippen MR) is 79.9 cm³/mol. The van der Waals surface area contributed by atoms with Crippen molar-refractivity contribution in [1.82, 2.24) is 0 Å². The fraction of sp³-hybridized carbons (Fsp3) is 0.471. The van der Waals surface area contributed by atoms with Gasteiger partial charge in [0.05, 0.1) is 0 Å². The van der Waals surface area contributed by atoms with Crippen LogP contribution in [0.25, 0.3) is 6.08 Å². The molecule has 1 aromatic carbocycles. The van der Waals surface area contributed by atoms with Gasteiger partial charge in [-0.2, -0.15) is 0 Å². The largest absolute Gasteiger partial charge is 0.461 e. The Hall–Kier alpha value is -1.57. The molecule has 0 unspecified atom stereocenters. The zero-order valence-corrected chi connectivity index (χ0v) is 12.4. The minimum atomic E-state index is -0.228. The van der Waals surface area contributed by atoms with Gasteiger partial charge in [-0.3, -0.25) is 4.79 Å². The third-order valence-electron chi connectivity index (χ3n) is 3.10. The molecule has 0 fully saturated rings. The molecule has 104 valence electrons. The van der Waals surface area contributed by atoms with E-state index in [1.807, 2.05) is 0 Å². The number of benzene rings is 1. The van der Waals surface area contributed by atoms with Gasteiger partial charge < -0.3 is 4.74 Å². The summed E-state index contributed by atoms with van der Waals surface area (Å²) in [4.78, 5) is 10.9. The zero-order chi connectivity index (χ0) is 14.3. The summed E-state index contributed by atoms with van der Waals surface area (Å²) in [7, 11) is 0. The Morgan fingerprint density at radius 1 is 1.32 bits per heavy atom. The van der Waals surface area contributed by atoms with Crippen LogP contribution < -0.4 is 0 Å². The Morgan fingerprint density at radius 2 is 2.00 bits per heavy atom. The average Bonchev–Trinajstić information content (AvgIpc) is 2.36. The second kappa shape index (κ2) is 7.78. The number of esters is 1. The Bertz CT molecular complexity index is 444. The van der Waals surface area contributed by atoms with Crippen molar-refractivity contribution in [3.63, 3.8) is 0 Å². The first-order chi connectivity index (χ1) is 9.04. The third-order valence-corrected chi connectivity index (χ3v) is 3.10. The number of hydrogen-bond acceptors (Lipinski definition) is 2. The van der Waals surface area contributed by atoms with Crippen LogP contribution in [0.1, 0.15) is 45.2 Å². The highest BCUT2D eigenvalue weighted by Crippen LogP contribution is 2.19. The van der Waals surface area contributed by atoms with Crippen molar-refractivity contribution >= 4 is 12.0 Å². The Labute approximate surface area is 116 Å². The fourth-order valence-electron chi connectivity index (χ4n) is 1.93. The van der Waals surface area contributed by atoms with Gasteiger partial charge in [-0.25, -0.2) is 0 Å². The van der Waals surface area contributed by atoms with E-state index in [1.165, 1.54) is 18.1 Å². The van der Waals surface area contributed by atoms with Crippen LogP contribution in [0.5, 0.6) is 0 Å².